The smallest absolute Gasteiger partial charge is 0.251 e. The van der Waals surface area contributed by atoms with Crippen molar-refractivity contribution >= 4 is 17.3 Å². The highest BCUT2D eigenvalue weighted by molar-refractivity contribution is 5.96. The molecule has 6 N–H and O–H groups in total. The molecule has 88 valence electrons. The Labute approximate surface area is 98.0 Å². The quantitative estimate of drug-likeness (QED) is 0.576. The molecule has 0 aliphatic rings. The van der Waals surface area contributed by atoms with Crippen LogP contribution in [-0.2, 0) is 6.54 Å². The first-order valence-corrected chi connectivity index (χ1v) is 5.07. The van der Waals surface area contributed by atoms with E-state index in [1.807, 2.05) is 0 Å². The van der Waals surface area contributed by atoms with Gasteiger partial charge in [-0.15, -0.1) is 0 Å². The Kier molecular flexibility index (Phi) is 2.95. The average molecular weight is 231 g/mol. The maximum absolute atomic E-state index is 11.8. The van der Waals surface area contributed by atoms with Gasteiger partial charge < -0.3 is 21.8 Å². The van der Waals surface area contributed by atoms with E-state index in [1.54, 1.807) is 30.6 Å². The number of carbonyl (C=O) groups is 1. The third-order valence-corrected chi connectivity index (χ3v) is 2.21. The topological polar surface area (TPSA) is 110 Å². The molecule has 0 atom stereocenters. The number of rotatable bonds is 3. The molecule has 6 heteroatoms. The largest absolute Gasteiger partial charge is 0.399 e. The third kappa shape index (κ3) is 2.75. The van der Waals surface area contributed by atoms with Gasteiger partial charge in [-0.3, -0.25) is 4.79 Å². The lowest BCUT2D eigenvalue weighted by atomic mass is 10.1. The molecule has 0 bridgehead atoms. The Morgan fingerprint density at radius 2 is 2.00 bits per heavy atom. The van der Waals surface area contributed by atoms with Crippen LogP contribution >= 0.6 is 0 Å². The van der Waals surface area contributed by atoms with E-state index in [9.17, 15) is 4.79 Å². The molecule has 1 aromatic heterocycles. The monoisotopic (exact) mass is 231 g/mol. The summed E-state index contributed by atoms with van der Waals surface area (Å²) in [6.07, 6.45) is 3.32. The second-order valence-corrected chi connectivity index (χ2v) is 3.61. The molecule has 0 spiro atoms. The van der Waals surface area contributed by atoms with Crippen LogP contribution in [-0.4, -0.2) is 15.9 Å². The predicted octanol–water partition coefficient (Wildman–Crippen LogP) is 0.504. The molecule has 1 heterocycles. The highest BCUT2D eigenvalue weighted by Crippen LogP contribution is 2.13. The Morgan fingerprint density at radius 1 is 1.29 bits per heavy atom. The highest BCUT2D eigenvalue weighted by atomic mass is 16.1. The molecule has 0 fully saturated rings. The number of hydrogen-bond acceptors (Lipinski definition) is 4. The maximum atomic E-state index is 11.8. The van der Waals surface area contributed by atoms with Crippen LogP contribution in [0.1, 0.15) is 16.2 Å². The minimum atomic E-state index is -0.236. The van der Waals surface area contributed by atoms with E-state index in [4.69, 9.17) is 11.5 Å². The Bertz CT molecular complexity index is 500. The number of imidazole rings is 1. The van der Waals surface area contributed by atoms with Crippen LogP contribution < -0.4 is 16.8 Å². The van der Waals surface area contributed by atoms with Gasteiger partial charge in [0.1, 0.15) is 5.82 Å². The van der Waals surface area contributed by atoms with Crippen LogP contribution in [0.25, 0.3) is 0 Å². The van der Waals surface area contributed by atoms with Crippen molar-refractivity contribution in [1.29, 1.82) is 0 Å². The van der Waals surface area contributed by atoms with Crippen LogP contribution in [0.15, 0.2) is 30.6 Å². The first-order chi connectivity index (χ1) is 8.15. The summed E-state index contributed by atoms with van der Waals surface area (Å²) in [6, 6.07) is 4.75. The number of benzene rings is 1. The first-order valence-electron chi connectivity index (χ1n) is 5.07. The van der Waals surface area contributed by atoms with Gasteiger partial charge in [0, 0.05) is 29.3 Å². The fraction of sp³-hybridized carbons (Fsp3) is 0.0909. The van der Waals surface area contributed by atoms with Crippen LogP contribution in [0.2, 0.25) is 0 Å². The van der Waals surface area contributed by atoms with Gasteiger partial charge in [0.2, 0.25) is 0 Å². The van der Waals surface area contributed by atoms with Gasteiger partial charge in [-0.25, -0.2) is 4.98 Å². The van der Waals surface area contributed by atoms with Gasteiger partial charge in [0.15, 0.2) is 0 Å². The van der Waals surface area contributed by atoms with E-state index in [2.05, 4.69) is 15.3 Å². The zero-order valence-corrected chi connectivity index (χ0v) is 9.10. The molecular formula is C11H13N5O. The molecule has 0 saturated carbocycles. The molecule has 0 aliphatic heterocycles. The van der Waals surface area contributed by atoms with E-state index in [-0.39, 0.29) is 5.91 Å². The fourth-order valence-corrected chi connectivity index (χ4v) is 1.47. The number of amides is 1. The highest BCUT2D eigenvalue weighted by Gasteiger charge is 2.07. The van der Waals surface area contributed by atoms with Crippen molar-refractivity contribution in [1.82, 2.24) is 15.3 Å². The zero-order valence-electron chi connectivity index (χ0n) is 9.10. The molecule has 2 rings (SSSR count). The lowest BCUT2D eigenvalue weighted by Gasteiger charge is -2.05. The lowest BCUT2D eigenvalue weighted by Crippen LogP contribution is -2.23. The van der Waals surface area contributed by atoms with Crippen molar-refractivity contribution < 1.29 is 4.79 Å². The Morgan fingerprint density at radius 3 is 2.59 bits per heavy atom. The van der Waals surface area contributed by atoms with Gasteiger partial charge >= 0.3 is 0 Å². The molecule has 17 heavy (non-hydrogen) atoms. The molecule has 0 radical (unpaired) electrons. The second-order valence-electron chi connectivity index (χ2n) is 3.61. The number of aromatic amines is 1. The summed E-state index contributed by atoms with van der Waals surface area (Å²) in [4.78, 5) is 18.7. The zero-order chi connectivity index (χ0) is 12.3. The average Bonchev–Trinajstić information content (AvgIpc) is 2.77. The van der Waals surface area contributed by atoms with E-state index in [0.717, 1.165) is 0 Å². The maximum Gasteiger partial charge on any atom is 0.251 e. The SMILES string of the molecule is Nc1cc(N)cc(C(=O)NCc2ncc[nH]2)c1. The molecule has 0 unspecified atom stereocenters. The molecule has 2 aromatic rings. The fourth-order valence-electron chi connectivity index (χ4n) is 1.47. The van der Waals surface area contributed by atoms with E-state index in [1.165, 1.54) is 0 Å². The van der Waals surface area contributed by atoms with Crippen molar-refractivity contribution in [2.45, 2.75) is 6.54 Å². The number of nitrogen functional groups attached to an aromatic ring is 2. The molecule has 1 amide bonds. The van der Waals surface area contributed by atoms with Crippen LogP contribution in [0.3, 0.4) is 0 Å². The Balaban J connectivity index is 2.04. The number of hydrogen-bond donors (Lipinski definition) is 4. The summed E-state index contributed by atoms with van der Waals surface area (Å²) < 4.78 is 0. The number of aromatic nitrogens is 2. The summed E-state index contributed by atoms with van der Waals surface area (Å²) in [5, 5.41) is 2.71. The summed E-state index contributed by atoms with van der Waals surface area (Å²) >= 11 is 0. The van der Waals surface area contributed by atoms with Gasteiger partial charge in [-0.2, -0.15) is 0 Å². The van der Waals surface area contributed by atoms with Crippen molar-refractivity contribution in [3.63, 3.8) is 0 Å². The number of H-pyrrole nitrogens is 1. The molecule has 0 saturated heterocycles. The number of nitrogens with one attached hydrogen (secondary N) is 2. The van der Waals surface area contributed by atoms with Crippen LogP contribution in [0.4, 0.5) is 11.4 Å². The predicted molar refractivity (Wildman–Crippen MR) is 65.0 cm³/mol. The summed E-state index contributed by atoms with van der Waals surface area (Å²) in [6.45, 7) is 0.334. The minimum absolute atomic E-state index is 0.236. The molecule has 6 nitrogen and oxygen atoms in total. The first kappa shape index (κ1) is 11.0. The lowest BCUT2D eigenvalue weighted by molar-refractivity contribution is 0.0950. The van der Waals surface area contributed by atoms with Crippen molar-refractivity contribution in [2.75, 3.05) is 11.5 Å². The molecule has 0 aliphatic carbocycles. The normalized spacial score (nSPS) is 10.1. The molecule has 1 aromatic carbocycles. The standard InChI is InChI=1S/C11H13N5O/c12-8-3-7(4-9(13)5-8)11(17)16-6-10-14-1-2-15-10/h1-5H,6,12-13H2,(H,14,15)(H,16,17). The number of nitrogens with zero attached hydrogens (tertiary/aromatic N) is 1. The van der Waals surface area contributed by atoms with Crippen molar-refractivity contribution in [3.05, 3.63) is 42.0 Å². The van der Waals surface area contributed by atoms with Crippen molar-refractivity contribution in [3.8, 4) is 0 Å². The summed E-state index contributed by atoms with van der Waals surface area (Å²) in [5.74, 6) is 0.454. The summed E-state index contributed by atoms with van der Waals surface area (Å²) in [7, 11) is 0. The summed E-state index contributed by atoms with van der Waals surface area (Å²) in [5.41, 5.74) is 12.6. The van der Waals surface area contributed by atoms with Gasteiger partial charge in [-0.05, 0) is 18.2 Å². The number of anilines is 2. The second kappa shape index (κ2) is 4.56. The van der Waals surface area contributed by atoms with Crippen LogP contribution in [0, 0.1) is 0 Å². The van der Waals surface area contributed by atoms with E-state index < -0.39 is 0 Å². The number of nitrogens with two attached hydrogens (primary N) is 2. The van der Waals surface area contributed by atoms with E-state index >= 15 is 0 Å². The van der Waals surface area contributed by atoms with Gasteiger partial charge in [0.25, 0.3) is 5.91 Å². The molecular weight excluding hydrogens is 218 g/mol. The number of carbonyl (C=O) groups excluding carboxylic acids is 1. The van der Waals surface area contributed by atoms with Crippen molar-refractivity contribution in [2.24, 2.45) is 0 Å². The Hall–Kier alpha value is -2.50. The van der Waals surface area contributed by atoms with E-state index in [0.29, 0.717) is 29.3 Å². The minimum Gasteiger partial charge on any atom is -0.399 e. The van der Waals surface area contributed by atoms with Gasteiger partial charge in [-0.1, -0.05) is 0 Å². The van der Waals surface area contributed by atoms with Gasteiger partial charge in [0.05, 0.1) is 6.54 Å². The third-order valence-electron chi connectivity index (χ3n) is 2.21. The van der Waals surface area contributed by atoms with Crippen LogP contribution in [0.5, 0.6) is 0 Å².